The van der Waals surface area contributed by atoms with Crippen LogP contribution >= 0.6 is 15.9 Å². The molecule has 1 aromatic rings. The van der Waals surface area contributed by atoms with E-state index >= 15 is 0 Å². The SMILES string of the molecule is CCC1=NN(C(=O)c2nn(C)cc2Br)[C@](O)(C(F)(F)F)C1. The Hall–Kier alpha value is -1.42. The molecule has 116 valence electrons. The first-order valence-corrected chi connectivity index (χ1v) is 6.78. The van der Waals surface area contributed by atoms with Crippen LogP contribution in [0.3, 0.4) is 0 Å². The Balaban J connectivity index is 2.46. The fraction of sp³-hybridized carbons (Fsp3) is 0.545. The first-order chi connectivity index (χ1) is 9.60. The van der Waals surface area contributed by atoms with E-state index in [0.29, 0.717) is 0 Å². The van der Waals surface area contributed by atoms with Gasteiger partial charge in [0, 0.05) is 25.4 Å². The molecule has 1 aliphatic rings. The lowest BCUT2D eigenvalue weighted by atomic mass is 10.0. The minimum absolute atomic E-state index is 0.0684. The monoisotopic (exact) mass is 368 g/mol. The third-order valence-electron chi connectivity index (χ3n) is 3.08. The van der Waals surface area contributed by atoms with Crippen molar-refractivity contribution in [3.8, 4) is 0 Å². The van der Waals surface area contributed by atoms with Crippen molar-refractivity contribution < 1.29 is 23.1 Å². The molecule has 1 N–H and O–H groups in total. The van der Waals surface area contributed by atoms with Crippen molar-refractivity contribution in [2.45, 2.75) is 31.7 Å². The van der Waals surface area contributed by atoms with Crippen molar-refractivity contribution in [3.63, 3.8) is 0 Å². The lowest BCUT2D eigenvalue weighted by Gasteiger charge is -2.32. The third kappa shape index (κ3) is 2.57. The Kier molecular flexibility index (Phi) is 3.87. The van der Waals surface area contributed by atoms with E-state index in [2.05, 4.69) is 26.1 Å². The molecule has 1 atom stereocenters. The quantitative estimate of drug-likeness (QED) is 0.868. The molecule has 0 saturated heterocycles. The number of hydrogen-bond donors (Lipinski definition) is 1. The summed E-state index contributed by atoms with van der Waals surface area (Å²) in [7, 11) is 1.52. The number of halogens is 4. The van der Waals surface area contributed by atoms with Gasteiger partial charge in [-0.2, -0.15) is 28.4 Å². The average Bonchev–Trinajstić information content (AvgIpc) is 2.88. The second kappa shape index (κ2) is 5.09. The minimum Gasteiger partial charge on any atom is -0.362 e. The number of alkyl halides is 3. The van der Waals surface area contributed by atoms with E-state index in [-0.39, 0.29) is 27.3 Å². The van der Waals surface area contributed by atoms with Gasteiger partial charge in [0.25, 0.3) is 11.6 Å². The number of carbonyl (C=O) groups is 1. The molecule has 0 bridgehead atoms. The van der Waals surface area contributed by atoms with Gasteiger partial charge in [0.1, 0.15) is 0 Å². The molecule has 0 radical (unpaired) electrons. The van der Waals surface area contributed by atoms with Crippen LogP contribution in [0.2, 0.25) is 0 Å². The van der Waals surface area contributed by atoms with Gasteiger partial charge >= 0.3 is 6.18 Å². The summed E-state index contributed by atoms with van der Waals surface area (Å²) >= 11 is 3.04. The zero-order valence-electron chi connectivity index (χ0n) is 11.1. The van der Waals surface area contributed by atoms with Gasteiger partial charge in [0.05, 0.1) is 4.47 Å². The first kappa shape index (κ1) is 16.0. The van der Waals surface area contributed by atoms with Gasteiger partial charge in [0.15, 0.2) is 5.69 Å². The lowest BCUT2D eigenvalue weighted by Crippen LogP contribution is -2.56. The van der Waals surface area contributed by atoms with Crippen molar-refractivity contribution in [2.75, 3.05) is 0 Å². The molecule has 1 aromatic heterocycles. The van der Waals surface area contributed by atoms with Crippen LogP contribution in [-0.4, -0.2) is 43.4 Å². The molecule has 21 heavy (non-hydrogen) atoms. The van der Waals surface area contributed by atoms with Gasteiger partial charge < -0.3 is 5.11 Å². The maximum absolute atomic E-state index is 13.1. The lowest BCUT2D eigenvalue weighted by molar-refractivity contribution is -0.297. The van der Waals surface area contributed by atoms with E-state index in [0.717, 1.165) is 0 Å². The molecule has 2 rings (SSSR count). The zero-order valence-corrected chi connectivity index (χ0v) is 12.7. The Morgan fingerprint density at radius 2 is 2.19 bits per heavy atom. The third-order valence-corrected chi connectivity index (χ3v) is 3.66. The van der Waals surface area contributed by atoms with E-state index in [1.54, 1.807) is 6.92 Å². The summed E-state index contributed by atoms with van der Waals surface area (Å²) < 4.78 is 40.9. The van der Waals surface area contributed by atoms with Crippen molar-refractivity contribution in [2.24, 2.45) is 12.1 Å². The maximum atomic E-state index is 13.1. The number of hydrazone groups is 1. The smallest absolute Gasteiger partial charge is 0.362 e. The number of rotatable bonds is 2. The summed E-state index contributed by atoms with van der Waals surface area (Å²) in [5, 5.41) is 17.4. The van der Waals surface area contributed by atoms with Crippen LogP contribution in [-0.2, 0) is 7.05 Å². The fourth-order valence-corrected chi connectivity index (χ4v) is 2.50. The number of carbonyl (C=O) groups excluding carboxylic acids is 1. The molecule has 2 heterocycles. The van der Waals surface area contributed by atoms with E-state index in [1.165, 1.54) is 17.9 Å². The summed E-state index contributed by atoms with van der Waals surface area (Å²) in [4.78, 5) is 12.3. The molecule has 6 nitrogen and oxygen atoms in total. The predicted molar refractivity (Wildman–Crippen MR) is 70.4 cm³/mol. The second-order valence-corrected chi connectivity index (χ2v) is 5.48. The van der Waals surface area contributed by atoms with E-state index in [9.17, 15) is 23.1 Å². The number of amides is 1. The number of aliphatic hydroxyl groups is 1. The van der Waals surface area contributed by atoms with Crippen LogP contribution in [0, 0.1) is 0 Å². The van der Waals surface area contributed by atoms with E-state index in [4.69, 9.17) is 0 Å². The molecule has 1 aliphatic heterocycles. The zero-order chi connectivity index (χ0) is 16.0. The normalized spacial score (nSPS) is 22.6. The minimum atomic E-state index is -5.02. The predicted octanol–water partition coefficient (Wildman–Crippen LogP) is 2.05. The summed E-state index contributed by atoms with van der Waals surface area (Å²) in [6, 6.07) is 0. The highest BCUT2D eigenvalue weighted by molar-refractivity contribution is 9.10. The van der Waals surface area contributed by atoms with Crippen molar-refractivity contribution in [3.05, 3.63) is 16.4 Å². The van der Waals surface area contributed by atoms with Gasteiger partial charge in [-0.05, 0) is 22.4 Å². The van der Waals surface area contributed by atoms with E-state index in [1.807, 2.05) is 0 Å². The Labute approximate surface area is 126 Å². The molecule has 0 aromatic carbocycles. The summed E-state index contributed by atoms with van der Waals surface area (Å²) in [5.41, 5.74) is -3.50. The molecule has 1 amide bonds. The molecular formula is C11H12BrF3N4O2. The van der Waals surface area contributed by atoms with E-state index < -0.39 is 24.2 Å². The van der Waals surface area contributed by atoms with Gasteiger partial charge in [-0.3, -0.25) is 9.48 Å². The highest BCUT2D eigenvalue weighted by Crippen LogP contribution is 2.41. The molecule has 10 heteroatoms. The number of aryl methyl sites for hydroxylation is 1. The van der Waals surface area contributed by atoms with Crippen molar-refractivity contribution in [1.29, 1.82) is 0 Å². The Morgan fingerprint density at radius 1 is 1.57 bits per heavy atom. The van der Waals surface area contributed by atoms with Crippen LogP contribution in [0.5, 0.6) is 0 Å². The van der Waals surface area contributed by atoms with Crippen LogP contribution in [0.4, 0.5) is 13.2 Å². The Morgan fingerprint density at radius 3 is 2.62 bits per heavy atom. The van der Waals surface area contributed by atoms with Crippen LogP contribution in [0.25, 0.3) is 0 Å². The number of aromatic nitrogens is 2. The van der Waals surface area contributed by atoms with Crippen LogP contribution < -0.4 is 0 Å². The van der Waals surface area contributed by atoms with Crippen molar-refractivity contribution in [1.82, 2.24) is 14.8 Å². The Bertz CT molecular complexity index is 613. The fourth-order valence-electron chi connectivity index (χ4n) is 1.95. The second-order valence-electron chi connectivity index (χ2n) is 4.63. The van der Waals surface area contributed by atoms with Crippen molar-refractivity contribution >= 4 is 27.5 Å². The number of hydrogen-bond acceptors (Lipinski definition) is 4. The largest absolute Gasteiger partial charge is 0.438 e. The standard InChI is InChI=1S/C11H12BrF3N4O2/c1-3-6-4-10(21,11(13,14)15)19(16-6)9(20)8-7(12)5-18(2)17-8/h5,21H,3-4H2,1-2H3/t10-/m1/s1. The van der Waals surface area contributed by atoms with Gasteiger partial charge in [-0.1, -0.05) is 6.92 Å². The maximum Gasteiger partial charge on any atom is 0.438 e. The first-order valence-electron chi connectivity index (χ1n) is 5.99. The van der Waals surface area contributed by atoms with Gasteiger partial charge in [0.2, 0.25) is 0 Å². The average molecular weight is 369 g/mol. The molecule has 0 spiro atoms. The number of nitrogens with zero attached hydrogens (tertiary/aromatic N) is 4. The molecular weight excluding hydrogens is 357 g/mol. The van der Waals surface area contributed by atoms with Gasteiger partial charge in [-0.25, -0.2) is 0 Å². The molecule has 0 aliphatic carbocycles. The van der Waals surface area contributed by atoms with Gasteiger partial charge in [-0.15, -0.1) is 0 Å². The van der Waals surface area contributed by atoms with Crippen LogP contribution in [0.15, 0.2) is 15.8 Å². The molecule has 0 unspecified atom stereocenters. The summed E-state index contributed by atoms with van der Waals surface area (Å²) in [5.74, 6) is -1.12. The topological polar surface area (TPSA) is 70.7 Å². The molecule has 0 saturated carbocycles. The highest BCUT2D eigenvalue weighted by atomic mass is 79.9. The molecule has 0 fully saturated rings. The summed E-state index contributed by atoms with van der Waals surface area (Å²) in [6.45, 7) is 1.60. The summed E-state index contributed by atoms with van der Waals surface area (Å²) in [6.07, 6.45) is -4.17. The highest BCUT2D eigenvalue weighted by Gasteiger charge is 2.63. The van der Waals surface area contributed by atoms with Crippen LogP contribution in [0.1, 0.15) is 30.3 Å².